The minimum absolute atomic E-state index is 0.0933. The minimum Gasteiger partial charge on any atom is -0.478 e. The van der Waals surface area contributed by atoms with Crippen molar-refractivity contribution in [3.8, 4) is 0 Å². The van der Waals surface area contributed by atoms with E-state index >= 15 is 0 Å². The van der Waals surface area contributed by atoms with Crippen molar-refractivity contribution in [2.75, 3.05) is 26.2 Å². The van der Waals surface area contributed by atoms with E-state index in [1.54, 1.807) is 46.2 Å². The number of hydrogen-bond donors (Lipinski definition) is 1. The number of piperazine rings is 1. The summed E-state index contributed by atoms with van der Waals surface area (Å²) in [6, 6.07) is 23.0. The van der Waals surface area contributed by atoms with Crippen LogP contribution in [-0.2, 0) is 22.6 Å². The van der Waals surface area contributed by atoms with Gasteiger partial charge in [-0.15, -0.1) is 0 Å². The number of nitrogens with zero attached hydrogens (tertiary/aromatic N) is 3. The van der Waals surface area contributed by atoms with Gasteiger partial charge in [-0.2, -0.15) is 0 Å². The summed E-state index contributed by atoms with van der Waals surface area (Å²) < 4.78 is 5.55. The molecule has 9 heteroatoms. The number of hydrogen-bond acceptors (Lipinski definition) is 5. The van der Waals surface area contributed by atoms with Gasteiger partial charge in [0.1, 0.15) is 11.6 Å². The maximum Gasteiger partial charge on any atom is 0.410 e. The molecule has 0 bridgehead atoms. The number of carboxylic acids is 1. The molecule has 0 aliphatic carbocycles. The van der Waals surface area contributed by atoms with Gasteiger partial charge >= 0.3 is 12.1 Å². The Balaban J connectivity index is 1.61. The van der Waals surface area contributed by atoms with E-state index in [1.165, 1.54) is 0 Å². The van der Waals surface area contributed by atoms with Gasteiger partial charge in [-0.3, -0.25) is 9.69 Å². The number of ether oxygens (including phenoxy) is 1. The van der Waals surface area contributed by atoms with Crippen molar-refractivity contribution in [2.24, 2.45) is 0 Å². The Hall–Kier alpha value is -3.88. The summed E-state index contributed by atoms with van der Waals surface area (Å²) in [7, 11) is 0. The molecule has 1 atom stereocenters. The molecule has 1 aliphatic rings. The average molecular weight is 578 g/mol. The number of benzene rings is 3. The molecule has 2 amide bonds. The van der Waals surface area contributed by atoms with Crippen molar-refractivity contribution in [1.82, 2.24) is 14.7 Å². The molecule has 1 heterocycles. The molecular weight excluding hydrogens is 542 g/mol. The van der Waals surface area contributed by atoms with Crippen LogP contribution < -0.4 is 0 Å². The third kappa shape index (κ3) is 8.31. The smallest absolute Gasteiger partial charge is 0.410 e. The van der Waals surface area contributed by atoms with Gasteiger partial charge in [-0.05, 0) is 61.7 Å². The Kier molecular flexibility index (Phi) is 9.68. The van der Waals surface area contributed by atoms with E-state index in [1.807, 2.05) is 63.2 Å². The molecule has 0 saturated carbocycles. The molecule has 1 fully saturated rings. The number of carboxylic acid groups (broad SMARTS) is 1. The van der Waals surface area contributed by atoms with Crippen LogP contribution in [0.5, 0.6) is 0 Å². The van der Waals surface area contributed by atoms with Gasteiger partial charge in [0.05, 0.1) is 5.56 Å². The molecule has 1 N–H and O–H groups in total. The molecule has 8 nitrogen and oxygen atoms in total. The van der Waals surface area contributed by atoms with E-state index in [0.717, 1.165) is 16.7 Å². The van der Waals surface area contributed by atoms with Crippen LogP contribution in [0.1, 0.15) is 53.9 Å². The normalized spacial score (nSPS) is 14.8. The van der Waals surface area contributed by atoms with Gasteiger partial charge in [0.25, 0.3) is 0 Å². The highest BCUT2D eigenvalue weighted by molar-refractivity contribution is 6.30. The molecular formula is C32H36ClN3O5. The zero-order valence-corrected chi connectivity index (χ0v) is 24.4. The SMILES string of the molecule is CC(C)(C)OC(=O)N1CCN(C(C(=O)N(Cc2ccccc2)Cc2ccc(C(=O)O)cc2)c2ccc(Cl)cc2)CC1. The number of rotatable bonds is 8. The summed E-state index contributed by atoms with van der Waals surface area (Å²) in [5.74, 6) is -1.09. The van der Waals surface area contributed by atoms with Crippen LogP contribution in [0, 0.1) is 0 Å². The topological polar surface area (TPSA) is 90.4 Å². The highest BCUT2D eigenvalue weighted by atomic mass is 35.5. The van der Waals surface area contributed by atoms with E-state index in [2.05, 4.69) is 4.90 Å². The fourth-order valence-electron chi connectivity index (χ4n) is 4.81. The quantitative estimate of drug-likeness (QED) is 0.361. The summed E-state index contributed by atoms with van der Waals surface area (Å²) in [6.45, 7) is 8.05. The third-order valence-electron chi connectivity index (χ3n) is 6.85. The van der Waals surface area contributed by atoms with Gasteiger partial charge in [-0.1, -0.05) is 66.2 Å². The van der Waals surface area contributed by atoms with Crippen molar-refractivity contribution < 1.29 is 24.2 Å². The molecule has 0 aromatic heterocycles. The van der Waals surface area contributed by atoms with Gasteiger partial charge < -0.3 is 19.6 Å². The molecule has 1 unspecified atom stereocenters. The maximum absolute atomic E-state index is 14.5. The van der Waals surface area contributed by atoms with Crippen LogP contribution in [-0.4, -0.2) is 69.6 Å². The predicted octanol–water partition coefficient (Wildman–Crippen LogP) is 5.86. The highest BCUT2D eigenvalue weighted by Gasteiger charge is 2.35. The second-order valence-electron chi connectivity index (χ2n) is 11.1. The van der Waals surface area contributed by atoms with Crippen LogP contribution in [0.15, 0.2) is 78.9 Å². The zero-order chi connectivity index (χ0) is 29.6. The Morgan fingerprint density at radius 3 is 1.95 bits per heavy atom. The van der Waals surface area contributed by atoms with Crippen LogP contribution in [0.2, 0.25) is 5.02 Å². The summed E-state index contributed by atoms with van der Waals surface area (Å²) in [5, 5.41) is 9.88. The highest BCUT2D eigenvalue weighted by Crippen LogP contribution is 2.28. The zero-order valence-electron chi connectivity index (χ0n) is 23.6. The maximum atomic E-state index is 14.5. The lowest BCUT2D eigenvalue weighted by molar-refractivity contribution is -0.139. The van der Waals surface area contributed by atoms with Crippen molar-refractivity contribution in [3.05, 3.63) is 106 Å². The molecule has 0 radical (unpaired) electrons. The van der Waals surface area contributed by atoms with Crippen molar-refractivity contribution in [3.63, 3.8) is 0 Å². The molecule has 4 rings (SSSR count). The van der Waals surface area contributed by atoms with Crippen molar-refractivity contribution in [1.29, 1.82) is 0 Å². The minimum atomic E-state index is -0.998. The summed E-state index contributed by atoms with van der Waals surface area (Å²) >= 11 is 6.19. The Bertz CT molecular complexity index is 1330. The molecule has 1 saturated heterocycles. The summed E-state index contributed by atoms with van der Waals surface area (Å²) in [6.07, 6.45) is -0.359. The van der Waals surface area contributed by atoms with Gasteiger partial charge in [-0.25, -0.2) is 9.59 Å². The number of halogens is 1. The van der Waals surface area contributed by atoms with E-state index in [-0.39, 0.29) is 17.6 Å². The first-order chi connectivity index (χ1) is 19.5. The lowest BCUT2D eigenvalue weighted by Gasteiger charge is -2.40. The molecule has 41 heavy (non-hydrogen) atoms. The Morgan fingerprint density at radius 2 is 1.41 bits per heavy atom. The van der Waals surface area contributed by atoms with Crippen LogP contribution >= 0.6 is 11.6 Å². The molecule has 0 spiro atoms. The monoisotopic (exact) mass is 577 g/mol. The lowest BCUT2D eigenvalue weighted by atomic mass is 10.0. The first-order valence-electron chi connectivity index (χ1n) is 13.6. The molecule has 216 valence electrons. The van der Waals surface area contributed by atoms with E-state index in [0.29, 0.717) is 44.3 Å². The number of carbonyl (C=O) groups is 3. The average Bonchev–Trinajstić information content (AvgIpc) is 2.94. The van der Waals surface area contributed by atoms with E-state index in [4.69, 9.17) is 16.3 Å². The van der Waals surface area contributed by atoms with Crippen LogP contribution in [0.25, 0.3) is 0 Å². The fourth-order valence-corrected chi connectivity index (χ4v) is 4.93. The van der Waals surface area contributed by atoms with Crippen LogP contribution in [0.4, 0.5) is 4.79 Å². The summed E-state index contributed by atoms with van der Waals surface area (Å²) in [4.78, 5) is 44.1. The van der Waals surface area contributed by atoms with E-state index < -0.39 is 17.6 Å². The molecule has 1 aliphatic heterocycles. The third-order valence-corrected chi connectivity index (χ3v) is 7.10. The number of carbonyl (C=O) groups excluding carboxylic acids is 2. The van der Waals surface area contributed by atoms with Crippen molar-refractivity contribution in [2.45, 2.75) is 45.5 Å². The predicted molar refractivity (Wildman–Crippen MR) is 158 cm³/mol. The standard InChI is InChI=1S/C32H36ClN3O5/c1-32(2,3)41-31(40)35-19-17-34(18-20-35)28(25-13-15-27(33)16-14-25)29(37)36(21-23-7-5-4-6-8-23)22-24-9-11-26(12-10-24)30(38)39/h4-16,28H,17-22H2,1-3H3,(H,38,39). The first-order valence-corrected chi connectivity index (χ1v) is 14.0. The second kappa shape index (κ2) is 13.2. The molecule has 3 aromatic rings. The fraction of sp³-hybridized carbons (Fsp3) is 0.344. The summed E-state index contributed by atoms with van der Waals surface area (Å²) in [5.41, 5.74) is 2.22. The van der Waals surface area contributed by atoms with Crippen molar-refractivity contribution >= 4 is 29.6 Å². The lowest BCUT2D eigenvalue weighted by Crippen LogP contribution is -2.53. The number of aromatic carboxylic acids is 1. The van der Waals surface area contributed by atoms with Crippen LogP contribution in [0.3, 0.4) is 0 Å². The largest absolute Gasteiger partial charge is 0.478 e. The van der Waals surface area contributed by atoms with Gasteiger partial charge in [0.2, 0.25) is 5.91 Å². The first kappa shape index (κ1) is 30.1. The second-order valence-corrected chi connectivity index (χ2v) is 11.6. The van der Waals surface area contributed by atoms with Gasteiger partial charge in [0.15, 0.2) is 0 Å². The number of amides is 2. The molecule has 3 aromatic carbocycles. The Labute approximate surface area is 246 Å². The Morgan fingerprint density at radius 1 is 0.854 bits per heavy atom. The van der Waals surface area contributed by atoms with E-state index in [9.17, 15) is 19.5 Å². The van der Waals surface area contributed by atoms with Gasteiger partial charge in [0, 0.05) is 44.3 Å².